The van der Waals surface area contributed by atoms with E-state index < -0.39 is 6.04 Å². The fourth-order valence-electron chi connectivity index (χ4n) is 2.64. The van der Waals surface area contributed by atoms with E-state index in [1.165, 1.54) is 11.2 Å². The number of anilines is 1. The van der Waals surface area contributed by atoms with E-state index >= 15 is 0 Å². The van der Waals surface area contributed by atoms with Crippen LogP contribution in [0.15, 0.2) is 41.0 Å². The Morgan fingerprint density at radius 3 is 2.73 bits per heavy atom. The quantitative estimate of drug-likeness (QED) is 0.818. The molecule has 0 spiro atoms. The third-order valence-electron chi connectivity index (χ3n) is 3.79. The van der Waals surface area contributed by atoms with Crippen LogP contribution in [-0.2, 0) is 9.53 Å². The minimum absolute atomic E-state index is 0.209. The molecular formula is C17H17NO4. The lowest BCUT2D eigenvalue weighted by Crippen LogP contribution is -2.43. The van der Waals surface area contributed by atoms with E-state index in [9.17, 15) is 9.59 Å². The number of hydrogen-bond donors (Lipinski definition) is 0. The number of rotatable bonds is 3. The van der Waals surface area contributed by atoms with Crippen molar-refractivity contribution in [1.29, 1.82) is 0 Å². The van der Waals surface area contributed by atoms with Crippen molar-refractivity contribution in [2.45, 2.75) is 26.3 Å². The van der Waals surface area contributed by atoms with Crippen LogP contribution in [-0.4, -0.2) is 24.5 Å². The SMILES string of the molecule is Cc1ccc(C)c(N(C(=O)c2ccco2)C2CCOC2=O)c1. The highest BCUT2D eigenvalue weighted by Crippen LogP contribution is 2.29. The van der Waals surface area contributed by atoms with Crippen molar-refractivity contribution >= 4 is 17.6 Å². The van der Waals surface area contributed by atoms with Gasteiger partial charge in [0, 0.05) is 12.1 Å². The number of nitrogens with zero attached hydrogens (tertiary/aromatic N) is 1. The van der Waals surface area contributed by atoms with Crippen molar-refractivity contribution in [3.05, 3.63) is 53.5 Å². The Balaban J connectivity index is 2.08. The van der Waals surface area contributed by atoms with Gasteiger partial charge in [0.25, 0.3) is 5.91 Å². The maximum Gasteiger partial charge on any atom is 0.329 e. The number of furan rings is 1. The predicted molar refractivity (Wildman–Crippen MR) is 80.8 cm³/mol. The van der Waals surface area contributed by atoms with Crippen LogP contribution in [0.1, 0.15) is 28.1 Å². The lowest BCUT2D eigenvalue weighted by atomic mass is 10.1. The standard InChI is InChI=1S/C17H17NO4/c1-11-5-6-12(2)14(10-11)18(13-7-9-22-17(13)20)16(19)15-4-3-8-21-15/h3-6,8,10,13H,7,9H2,1-2H3. The maximum absolute atomic E-state index is 12.8. The van der Waals surface area contributed by atoms with Crippen molar-refractivity contribution in [3.8, 4) is 0 Å². The van der Waals surface area contributed by atoms with Crippen LogP contribution in [0.4, 0.5) is 5.69 Å². The largest absolute Gasteiger partial charge is 0.464 e. The zero-order valence-electron chi connectivity index (χ0n) is 12.5. The molecule has 1 aromatic carbocycles. The van der Waals surface area contributed by atoms with Crippen molar-refractivity contribution < 1.29 is 18.7 Å². The number of carbonyl (C=O) groups is 2. The molecule has 1 amide bonds. The van der Waals surface area contributed by atoms with Gasteiger partial charge in [-0.15, -0.1) is 0 Å². The summed E-state index contributed by atoms with van der Waals surface area (Å²) in [6, 6.07) is 8.46. The second-order valence-electron chi connectivity index (χ2n) is 5.41. The number of benzene rings is 1. The molecule has 1 aromatic heterocycles. The number of cyclic esters (lactones) is 1. The van der Waals surface area contributed by atoms with Crippen LogP contribution in [0.5, 0.6) is 0 Å². The zero-order chi connectivity index (χ0) is 15.7. The number of hydrogen-bond acceptors (Lipinski definition) is 4. The average Bonchev–Trinajstić information content (AvgIpc) is 3.15. The molecule has 0 radical (unpaired) electrons. The van der Waals surface area contributed by atoms with Gasteiger partial charge in [0.05, 0.1) is 12.9 Å². The molecule has 1 aliphatic heterocycles. The molecule has 0 bridgehead atoms. The normalized spacial score (nSPS) is 17.4. The summed E-state index contributed by atoms with van der Waals surface area (Å²) in [7, 11) is 0. The summed E-state index contributed by atoms with van der Waals surface area (Å²) >= 11 is 0. The Hall–Kier alpha value is -2.56. The summed E-state index contributed by atoms with van der Waals surface area (Å²) in [4.78, 5) is 26.3. The van der Waals surface area contributed by atoms with Crippen molar-refractivity contribution in [3.63, 3.8) is 0 Å². The fourth-order valence-corrected chi connectivity index (χ4v) is 2.64. The molecule has 5 heteroatoms. The summed E-state index contributed by atoms with van der Waals surface area (Å²) in [5.74, 6) is -0.496. The molecule has 3 rings (SSSR count). The highest BCUT2D eigenvalue weighted by molar-refractivity contribution is 6.08. The van der Waals surface area contributed by atoms with E-state index in [0.717, 1.165) is 11.1 Å². The first-order chi connectivity index (χ1) is 10.6. The lowest BCUT2D eigenvalue weighted by molar-refractivity contribution is -0.139. The van der Waals surface area contributed by atoms with Crippen molar-refractivity contribution in [2.24, 2.45) is 0 Å². The second kappa shape index (κ2) is 5.67. The number of ether oxygens (including phenoxy) is 1. The number of carbonyl (C=O) groups excluding carboxylic acids is 2. The smallest absolute Gasteiger partial charge is 0.329 e. The van der Waals surface area contributed by atoms with Gasteiger partial charge in [-0.1, -0.05) is 12.1 Å². The molecule has 1 fully saturated rings. The topological polar surface area (TPSA) is 59.8 Å². The molecule has 114 valence electrons. The fraction of sp³-hybridized carbons (Fsp3) is 0.294. The van der Waals surface area contributed by atoms with Gasteiger partial charge in [0.15, 0.2) is 5.76 Å². The van der Waals surface area contributed by atoms with Gasteiger partial charge >= 0.3 is 5.97 Å². The monoisotopic (exact) mass is 299 g/mol. The van der Waals surface area contributed by atoms with Gasteiger partial charge in [-0.2, -0.15) is 0 Å². The van der Waals surface area contributed by atoms with Crippen LogP contribution in [0.25, 0.3) is 0 Å². The van der Waals surface area contributed by atoms with Crippen LogP contribution < -0.4 is 4.90 Å². The summed E-state index contributed by atoms with van der Waals surface area (Å²) in [5.41, 5.74) is 2.65. The van der Waals surface area contributed by atoms with Gasteiger partial charge in [0.2, 0.25) is 0 Å². The molecule has 2 aromatic rings. The molecule has 0 aliphatic carbocycles. The minimum Gasteiger partial charge on any atom is -0.464 e. The third kappa shape index (κ3) is 2.50. The van der Waals surface area contributed by atoms with E-state index in [1.54, 1.807) is 12.1 Å². The first-order valence-corrected chi connectivity index (χ1v) is 7.19. The molecule has 22 heavy (non-hydrogen) atoms. The molecule has 1 unspecified atom stereocenters. The Labute approximate surface area is 128 Å². The zero-order valence-corrected chi connectivity index (χ0v) is 12.5. The van der Waals surface area contributed by atoms with Gasteiger partial charge in [-0.3, -0.25) is 9.69 Å². The van der Waals surface area contributed by atoms with Gasteiger partial charge < -0.3 is 9.15 Å². The number of amides is 1. The summed E-state index contributed by atoms with van der Waals surface area (Å²) in [6.45, 7) is 4.19. The van der Waals surface area contributed by atoms with Gasteiger partial charge in [-0.05, 0) is 43.2 Å². The third-order valence-corrected chi connectivity index (χ3v) is 3.79. The Morgan fingerprint density at radius 2 is 2.09 bits per heavy atom. The van der Waals surface area contributed by atoms with Crippen LogP contribution in [0, 0.1) is 13.8 Å². The molecule has 0 N–H and O–H groups in total. The van der Waals surface area contributed by atoms with Gasteiger partial charge in [0.1, 0.15) is 6.04 Å². The molecule has 1 atom stereocenters. The van der Waals surface area contributed by atoms with E-state index in [0.29, 0.717) is 18.7 Å². The highest BCUT2D eigenvalue weighted by atomic mass is 16.5. The maximum atomic E-state index is 12.8. The van der Waals surface area contributed by atoms with E-state index in [2.05, 4.69) is 0 Å². The molecule has 2 heterocycles. The van der Waals surface area contributed by atoms with Crippen molar-refractivity contribution in [2.75, 3.05) is 11.5 Å². The first-order valence-electron chi connectivity index (χ1n) is 7.19. The summed E-state index contributed by atoms with van der Waals surface area (Å²) in [5, 5.41) is 0. The number of aryl methyl sites for hydroxylation is 2. The summed E-state index contributed by atoms with van der Waals surface area (Å²) < 4.78 is 10.3. The molecule has 0 saturated carbocycles. The summed E-state index contributed by atoms with van der Waals surface area (Å²) in [6.07, 6.45) is 1.93. The Morgan fingerprint density at radius 1 is 1.27 bits per heavy atom. The van der Waals surface area contributed by atoms with E-state index in [-0.39, 0.29) is 17.6 Å². The Kier molecular flexibility index (Phi) is 3.71. The molecule has 1 saturated heterocycles. The van der Waals surface area contributed by atoms with Crippen LogP contribution in [0.2, 0.25) is 0 Å². The molecular weight excluding hydrogens is 282 g/mol. The van der Waals surface area contributed by atoms with E-state index in [1.807, 2.05) is 32.0 Å². The highest BCUT2D eigenvalue weighted by Gasteiger charge is 2.38. The lowest BCUT2D eigenvalue weighted by Gasteiger charge is -2.27. The molecule has 5 nitrogen and oxygen atoms in total. The second-order valence-corrected chi connectivity index (χ2v) is 5.41. The van der Waals surface area contributed by atoms with Crippen LogP contribution in [0.3, 0.4) is 0 Å². The predicted octanol–water partition coefficient (Wildman–Crippen LogP) is 2.86. The van der Waals surface area contributed by atoms with Crippen LogP contribution >= 0.6 is 0 Å². The first kappa shape index (κ1) is 14.4. The minimum atomic E-state index is -0.613. The van der Waals surface area contributed by atoms with Crippen molar-refractivity contribution in [1.82, 2.24) is 0 Å². The Bertz CT molecular complexity index is 705. The number of esters is 1. The van der Waals surface area contributed by atoms with E-state index in [4.69, 9.17) is 9.15 Å². The van der Waals surface area contributed by atoms with Gasteiger partial charge in [-0.25, -0.2) is 4.79 Å². The average molecular weight is 299 g/mol. The molecule has 1 aliphatic rings.